The number of methoxy groups -OCH3 is 2. The quantitative estimate of drug-likeness (QED) is 0.647. The summed E-state index contributed by atoms with van der Waals surface area (Å²) in [4.78, 5) is 7.69. The summed E-state index contributed by atoms with van der Waals surface area (Å²) >= 11 is 0. The minimum atomic E-state index is -0.276. The molecular weight excluding hydrogens is 284 g/mol. The molecule has 0 unspecified atom stereocenters. The molecule has 0 saturated heterocycles. The first-order chi connectivity index (χ1) is 10.5. The maximum Gasteiger partial charge on any atom is 0.200 e. The van der Waals surface area contributed by atoms with E-state index in [1.54, 1.807) is 20.1 Å². The van der Waals surface area contributed by atoms with Crippen molar-refractivity contribution in [2.75, 3.05) is 14.2 Å². The smallest absolute Gasteiger partial charge is 0.200 e. The molecule has 22 heavy (non-hydrogen) atoms. The van der Waals surface area contributed by atoms with E-state index in [4.69, 9.17) is 9.47 Å². The first kappa shape index (κ1) is 14.1. The fraction of sp³-hybridized carbons (Fsp3) is 0.188. The van der Waals surface area contributed by atoms with E-state index in [0.29, 0.717) is 17.0 Å². The molecule has 3 aromatic rings. The molecular formula is C16H16N2O4. The van der Waals surface area contributed by atoms with E-state index in [2.05, 4.69) is 9.97 Å². The molecule has 3 rings (SSSR count). The molecule has 1 heterocycles. The summed E-state index contributed by atoms with van der Waals surface area (Å²) in [7, 11) is 3.03. The number of H-pyrrole nitrogens is 1. The number of ether oxygens (including phenoxy) is 2. The molecule has 3 N–H and O–H groups in total. The van der Waals surface area contributed by atoms with Crippen LogP contribution in [0.4, 0.5) is 0 Å². The van der Waals surface area contributed by atoms with Gasteiger partial charge >= 0.3 is 0 Å². The zero-order chi connectivity index (χ0) is 15.9. The van der Waals surface area contributed by atoms with Crippen LogP contribution in [0, 0.1) is 6.92 Å². The number of aromatic hydroxyl groups is 2. The van der Waals surface area contributed by atoms with Crippen molar-refractivity contribution in [1.82, 2.24) is 9.97 Å². The van der Waals surface area contributed by atoms with Gasteiger partial charge in [-0.25, -0.2) is 4.98 Å². The number of phenolic OH excluding ortho intramolecular Hbond substituents is 2. The highest BCUT2D eigenvalue weighted by Gasteiger charge is 2.18. The minimum absolute atomic E-state index is 0.191. The number of nitrogens with zero attached hydrogens (tertiary/aromatic N) is 1. The predicted molar refractivity (Wildman–Crippen MR) is 82.7 cm³/mol. The van der Waals surface area contributed by atoms with Crippen LogP contribution >= 0.6 is 0 Å². The van der Waals surface area contributed by atoms with E-state index in [9.17, 15) is 10.2 Å². The summed E-state index contributed by atoms with van der Waals surface area (Å²) in [5, 5.41) is 19.9. The number of hydrogen-bond donors (Lipinski definition) is 3. The lowest BCUT2D eigenvalue weighted by Crippen LogP contribution is -1.91. The van der Waals surface area contributed by atoms with Gasteiger partial charge in [-0.3, -0.25) is 0 Å². The third-order valence-corrected chi connectivity index (χ3v) is 3.66. The summed E-state index contributed by atoms with van der Waals surface area (Å²) in [6.45, 7) is 1.71. The van der Waals surface area contributed by atoms with Gasteiger partial charge in [0.25, 0.3) is 0 Å². The van der Waals surface area contributed by atoms with E-state index in [0.717, 1.165) is 16.8 Å². The monoisotopic (exact) mass is 300 g/mol. The highest BCUT2D eigenvalue weighted by atomic mass is 16.5. The normalized spacial score (nSPS) is 10.9. The lowest BCUT2D eigenvalue weighted by Gasteiger charge is -2.11. The Labute approximate surface area is 127 Å². The molecule has 6 nitrogen and oxygen atoms in total. The summed E-state index contributed by atoms with van der Waals surface area (Å²) in [6, 6.07) is 7.16. The van der Waals surface area contributed by atoms with Crippen molar-refractivity contribution < 1.29 is 19.7 Å². The van der Waals surface area contributed by atoms with Crippen molar-refractivity contribution in [3.8, 4) is 34.4 Å². The van der Waals surface area contributed by atoms with Gasteiger partial charge in [0.2, 0.25) is 5.75 Å². The number of aromatic amines is 1. The number of rotatable bonds is 3. The second kappa shape index (κ2) is 5.14. The molecule has 0 radical (unpaired) electrons. The maximum absolute atomic E-state index is 10.0. The number of phenols is 2. The van der Waals surface area contributed by atoms with Gasteiger partial charge in [-0.1, -0.05) is 0 Å². The Balaban J connectivity index is 2.20. The molecule has 6 heteroatoms. The Morgan fingerprint density at radius 2 is 1.82 bits per heavy atom. The molecule has 114 valence electrons. The standard InChI is InChI=1S/C16H16N2O4/c1-8-10(7-13(22-3)15(20)14(8)19)16-17-11-5-4-9(21-2)6-12(11)18-16/h4-7,19-20H,1-3H3,(H,17,18). The fourth-order valence-electron chi connectivity index (χ4n) is 2.37. The molecule has 0 bridgehead atoms. The Hall–Kier alpha value is -2.89. The van der Waals surface area contributed by atoms with Crippen molar-refractivity contribution in [1.29, 1.82) is 0 Å². The molecule has 0 atom stereocenters. The third kappa shape index (κ3) is 2.09. The van der Waals surface area contributed by atoms with E-state index in [-0.39, 0.29) is 17.2 Å². The predicted octanol–water partition coefficient (Wildman–Crippen LogP) is 2.97. The molecule has 2 aromatic carbocycles. The lowest BCUT2D eigenvalue weighted by molar-refractivity contribution is 0.350. The Bertz CT molecular complexity index is 855. The number of imidazole rings is 1. The highest BCUT2D eigenvalue weighted by molar-refractivity contribution is 5.82. The molecule has 0 aliphatic rings. The van der Waals surface area contributed by atoms with Gasteiger partial charge in [0.05, 0.1) is 25.3 Å². The van der Waals surface area contributed by atoms with Gasteiger partial charge < -0.3 is 24.7 Å². The average Bonchev–Trinajstić information content (AvgIpc) is 2.95. The van der Waals surface area contributed by atoms with Crippen molar-refractivity contribution in [3.63, 3.8) is 0 Å². The Kier molecular flexibility index (Phi) is 3.29. The number of aromatic nitrogens is 2. The van der Waals surface area contributed by atoms with Crippen molar-refractivity contribution in [2.24, 2.45) is 0 Å². The van der Waals surface area contributed by atoms with Crippen molar-refractivity contribution in [2.45, 2.75) is 6.92 Å². The number of fused-ring (bicyclic) bond motifs is 1. The molecule has 1 aromatic heterocycles. The van der Waals surface area contributed by atoms with Crippen LogP contribution in [0.15, 0.2) is 24.3 Å². The Morgan fingerprint density at radius 3 is 2.50 bits per heavy atom. The first-order valence-electron chi connectivity index (χ1n) is 6.68. The van der Waals surface area contributed by atoms with Crippen LogP contribution in [0.5, 0.6) is 23.0 Å². The average molecular weight is 300 g/mol. The fourth-order valence-corrected chi connectivity index (χ4v) is 2.37. The van der Waals surface area contributed by atoms with Crippen LogP contribution in [0.3, 0.4) is 0 Å². The number of nitrogens with one attached hydrogen (secondary N) is 1. The number of hydrogen-bond acceptors (Lipinski definition) is 5. The van der Waals surface area contributed by atoms with Gasteiger partial charge in [-0.15, -0.1) is 0 Å². The van der Waals surface area contributed by atoms with Crippen LogP contribution in [0.25, 0.3) is 22.4 Å². The largest absolute Gasteiger partial charge is 0.504 e. The summed E-state index contributed by atoms with van der Waals surface area (Å²) in [5.74, 6) is 1.00. The van der Waals surface area contributed by atoms with Gasteiger partial charge in [0.15, 0.2) is 11.5 Å². The van der Waals surface area contributed by atoms with Crippen LogP contribution in [-0.2, 0) is 0 Å². The first-order valence-corrected chi connectivity index (χ1v) is 6.68. The molecule has 0 aliphatic heterocycles. The zero-order valence-corrected chi connectivity index (χ0v) is 12.5. The van der Waals surface area contributed by atoms with Crippen LogP contribution in [0.2, 0.25) is 0 Å². The Morgan fingerprint density at radius 1 is 1.05 bits per heavy atom. The molecule has 0 spiro atoms. The highest BCUT2D eigenvalue weighted by Crippen LogP contribution is 2.43. The maximum atomic E-state index is 10.0. The lowest BCUT2D eigenvalue weighted by atomic mass is 10.1. The zero-order valence-electron chi connectivity index (χ0n) is 12.5. The van der Waals surface area contributed by atoms with Crippen LogP contribution in [0.1, 0.15) is 5.56 Å². The topological polar surface area (TPSA) is 87.6 Å². The van der Waals surface area contributed by atoms with E-state index >= 15 is 0 Å². The molecule has 0 aliphatic carbocycles. The van der Waals surface area contributed by atoms with Gasteiger partial charge in [0.1, 0.15) is 11.6 Å². The van der Waals surface area contributed by atoms with E-state index < -0.39 is 0 Å². The third-order valence-electron chi connectivity index (χ3n) is 3.66. The molecule has 0 saturated carbocycles. The van der Waals surface area contributed by atoms with E-state index in [1.165, 1.54) is 7.11 Å². The minimum Gasteiger partial charge on any atom is -0.504 e. The summed E-state index contributed by atoms with van der Waals surface area (Å²) in [6.07, 6.45) is 0. The number of benzene rings is 2. The molecule has 0 amide bonds. The summed E-state index contributed by atoms with van der Waals surface area (Å²) < 4.78 is 10.3. The van der Waals surface area contributed by atoms with E-state index in [1.807, 2.05) is 18.2 Å². The van der Waals surface area contributed by atoms with Crippen molar-refractivity contribution in [3.05, 3.63) is 29.8 Å². The second-order valence-corrected chi connectivity index (χ2v) is 4.92. The van der Waals surface area contributed by atoms with Gasteiger partial charge in [-0.05, 0) is 25.1 Å². The SMILES string of the molecule is COc1ccc2nc(-c3cc(OC)c(O)c(O)c3C)[nH]c2c1. The van der Waals surface area contributed by atoms with Crippen LogP contribution in [-0.4, -0.2) is 34.4 Å². The molecule has 0 fully saturated rings. The van der Waals surface area contributed by atoms with Gasteiger partial charge in [-0.2, -0.15) is 0 Å². The second-order valence-electron chi connectivity index (χ2n) is 4.92. The van der Waals surface area contributed by atoms with Gasteiger partial charge in [0, 0.05) is 17.2 Å². The van der Waals surface area contributed by atoms with Crippen LogP contribution < -0.4 is 9.47 Å². The summed E-state index contributed by atoms with van der Waals surface area (Å²) in [5.41, 5.74) is 2.77. The van der Waals surface area contributed by atoms with Crippen molar-refractivity contribution >= 4 is 11.0 Å².